The molecule has 0 spiro atoms. The van der Waals surface area contributed by atoms with Gasteiger partial charge in [0.25, 0.3) is 0 Å². The summed E-state index contributed by atoms with van der Waals surface area (Å²) in [6.45, 7) is 1.08. The van der Waals surface area contributed by atoms with Crippen molar-refractivity contribution in [3.63, 3.8) is 0 Å². The van der Waals surface area contributed by atoms with Gasteiger partial charge in [0, 0.05) is 17.1 Å². The average molecular weight is 336 g/mol. The molecule has 4 rings (SSSR count). The number of H-pyrrole nitrogens is 1. The van der Waals surface area contributed by atoms with E-state index in [-0.39, 0.29) is 12.1 Å². The summed E-state index contributed by atoms with van der Waals surface area (Å²) < 4.78 is 6.01. The van der Waals surface area contributed by atoms with E-state index in [1.54, 1.807) is 6.20 Å². The summed E-state index contributed by atoms with van der Waals surface area (Å²) in [5.74, 6) is 0.884. The summed E-state index contributed by atoms with van der Waals surface area (Å²) in [5, 5.41) is 14.9. The highest BCUT2D eigenvalue weighted by Gasteiger charge is 2.23. The molecule has 1 aromatic heterocycles. The van der Waals surface area contributed by atoms with E-state index < -0.39 is 0 Å². The summed E-state index contributed by atoms with van der Waals surface area (Å²) in [7, 11) is 0. The number of aromatic amines is 1. The Bertz CT molecular complexity index is 876. The molecule has 0 saturated carbocycles. The van der Waals surface area contributed by atoms with Crippen LogP contribution >= 0.6 is 0 Å². The molecule has 0 aliphatic carbocycles. The van der Waals surface area contributed by atoms with E-state index >= 15 is 0 Å². The van der Waals surface area contributed by atoms with Gasteiger partial charge in [-0.1, -0.05) is 36.4 Å². The number of nitrogens with one attached hydrogen (secondary N) is 3. The maximum absolute atomic E-state index is 12.3. The highest BCUT2D eigenvalue weighted by Crippen LogP contribution is 2.37. The Labute approximate surface area is 145 Å². The normalized spacial score (nSPS) is 16.6. The predicted molar refractivity (Wildman–Crippen MR) is 95.4 cm³/mol. The molecule has 1 aliphatic heterocycles. The number of hydrogen-bond acceptors (Lipinski definition) is 3. The Morgan fingerprint density at radius 2 is 2.16 bits per heavy atom. The van der Waals surface area contributed by atoms with Crippen LogP contribution in [0.5, 0.6) is 5.75 Å². The van der Waals surface area contributed by atoms with Crippen molar-refractivity contribution in [1.82, 2.24) is 20.8 Å². The van der Waals surface area contributed by atoms with Gasteiger partial charge in [-0.2, -0.15) is 5.10 Å². The lowest BCUT2D eigenvalue weighted by Crippen LogP contribution is -2.37. The van der Waals surface area contributed by atoms with Gasteiger partial charge in [0.1, 0.15) is 5.75 Å². The van der Waals surface area contributed by atoms with Crippen LogP contribution in [0.1, 0.15) is 30.1 Å². The molecule has 0 saturated heterocycles. The molecule has 0 bridgehead atoms. The maximum atomic E-state index is 12.3. The lowest BCUT2D eigenvalue weighted by molar-refractivity contribution is 0.235. The molecule has 0 radical (unpaired) electrons. The van der Waals surface area contributed by atoms with Crippen LogP contribution in [0.15, 0.2) is 48.7 Å². The van der Waals surface area contributed by atoms with Gasteiger partial charge in [0.15, 0.2) is 0 Å². The SMILES string of the molecule is O=C(NCc1ccn[nH]1)N[C@H]1CCCOc2c1ccc1ccccc21. The van der Waals surface area contributed by atoms with Crippen molar-refractivity contribution >= 4 is 16.8 Å². The number of hydrogen-bond donors (Lipinski definition) is 3. The summed E-state index contributed by atoms with van der Waals surface area (Å²) >= 11 is 0. The first kappa shape index (κ1) is 15.5. The number of benzene rings is 2. The molecule has 25 heavy (non-hydrogen) atoms. The van der Waals surface area contributed by atoms with Crippen molar-refractivity contribution < 1.29 is 9.53 Å². The van der Waals surface area contributed by atoms with Gasteiger partial charge in [-0.3, -0.25) is 5.10 Å². The molecule has 2 heterocycles. The summed E-state index contributed by atoms with van der Waals surface area (Å²) in [6, 6.07) is 13.9. The minimum atomic E-state index is -0.194. The van der Waals surface area contributed by atoms with Gasteiger partial charge in [0.05, 0.1) is 24.9 Å². The van der Waals surface area contributed by atoms with E-state index in [0.29, 0.717) is 13.2 Å². The molecular formula is C19H20N4O2. The second kappa shape index (κ2) is 6.84. The lowest BCUT2D eigenvalue weighted by Gasteiger charge is -2.19. The van der Waals surface area contributed by atoms with Crippen LogP contribution in [0.25, 0.3) is 10.8 Å². The largest absolute Gasteiger partial charge is 0.493 e. The predicted octanol–water partition coefficient (Wildman–Crippen LogP) is 3.28. The van der Waals surface area contributed by atoms with Crippen LogP contribution in [0.2, 0.25) is 0 Å². The fourth-order valence-electron chi connectivity index (χ4n) is 3.23. The molecule has 2 amide bonds. The first-order valence-electron chi connectivity index (χ1n) is 8.48. The molecule has 2 aromatic carbocycles. The smallest absolute Gasteiger partial charge is 0.315 e. The third-order valence-electron chi connectivity index (χ3n) is 4.47. The molecule has 6 nitrogen and oxygen atoms in total. The van der Waals surface area contributed by atoms with Crippen LogP contribution in [0.4, 0.5) is 4.79 Å². The molecule has 0 unspecified atom stereocenters. The number of ether oxygens (including phenoxy) is 1. The third-order valence-corrected chi connectivity index (χ3v) is 4.47. The number of aromatic nitrogens is 2. The number of carbonyl (C=O) groups excluding carboxylic acids is 1. The minimum absolute atomic E-state index is 0.0659. The number of nitrogens with zero attached hydrogens (tertiary/aromatic N) is 1. The van der Waals surface area contributed by atoms with Gasteiger partial charge in [-0.25, -0.2) is 4.79 Å². The fraction of sp³-hybridized carbons (Fsp3) is 0.263. The van der Waals surface area contributed by atoms with Crippen LogP contribution in [-0.2, 0) is 6.54 Å². The van der Waals surface area contributed by atoms with Crippen molar-refractivity contribution in [2.75, 3.05) is 6.61 Å². The van der Waals surface area contributed by atoms with Crippen molar-refractivity contribution in [2.45, 2.75) is 25.4 Å². The highest BCUT2D eigenvalue weighted by atomic mass is 16.5. The maximum Gasteiger partial charge on any atom is 0.315 e. The monoisotopic (exact) mass is 336 g/mol. The quantitative estimate of drug-likeness (QED) is 0.687. The van der Waals surface area contributed by atoms with Crippen molar-refractivity contribution in [2.24, 2.45) is 0 Å². The van der Waals surface area contributed by atoms with Crippen LogP contribution < -0.4 is 15.4 Å². The molecule has 6 heteroatoms. The van der Waals surface area contributed by atoms with Crippen LogP contribution in [0, 0.1) is 0 Å². The lowest BCUT2D eigenvalue weighted by atomic mass is 9.98. The average Bonchev–Trinajstić information content (AvgIpc) is 3.08. The molecule has 1 aliphatic rings. The Morgan fingerprint density at radius 1 is 1.24 bits per heavy atom. The summed E-state index contributed by atoms with van der Waals surface area (Å²) in [5.41, 5.74) is 1.90. The number of rotatable bonds is 3. The van der Waals surface area contributed by atoms with E-state index in [0.717, 1.165) is 40.6 Å². The number of fused-ring (bicyclic) bond motifs is 3. The van der Waals surface area contributed by atoms with Crippen LogP contribution in [0.3, 0.4) is 0 Å². The number of urea groups is 1. The molecule has 3 N–H and O–H groups in total. The first-order chi connectivity index (χ1) is 12.3. The Hall–Kier alpha value is -3.02. The molecule has 128 valence electrons. The van der Waals surface area contributed by atoms with Crippen molar-refractivity contribution in [3.05, 3.63) is 59.9 Å². The zero-order valence-corrected chi connectivity index (χ0v) is 13.8. The van der Waals surface area contributed by atoms with Crippen molar-refractivity contribution in [1.29, 1.82) is 0 Å². The van der Waals surface area contributed by atoms with Gasteiger partial charge >= 0.3 is 6.03 Å². The zero-order valence-electron chi connectivity index (χ0n) is 13.8. The Kier molecular flexibility index (Phi) is 4.24. The zero-order chi connectivity index (χ0) is 17.1. The van der Waals surface area contributed by atoms with E-state index in [2.05, 4.69) is 45.1 Å². The van der Waals surface area contributed by atoms with Gasteiger partial charge in [-0.15, -0.1) is 0 Å². The standard InChI is InChI=1S/C19H20N4O2/c24-19(20-12-14-9-10-21-23-14)22-17-6-3-11-25-18-15-5-2-1-4-13(15)7-8-16(17)18/h1-2,4-5,7-10,17H,3,6,11-12H2,(H,21,23)(H2,20,22,24)/t17-/m0/s1. The third kappa shape index (κ3) is 3.28. The van der Waals surface area contributed by atoms with Gasteiger partial charge in [0.2, 0.25) is 0 Å². The van der Waals surface area contributed by atoms with E-state index in [1.807, 2.05) is 18.2 Å². The van der Waals surface area contributed by atoms with E-state index in [4.69, 9.17) is 4.74 Å². The van der Waals surface area contributed by atoms with Gasteiger partial charge < -0.3 is 15.4 Å². The highest BCUT2D eigenvalue weighted by molar-refractivity contribution is 5.90. The molecule has 3 aromatic rings. The molecule has 1 atom stereocenters. The Balaban J connectivity index is 1.54. The summed E-state index contributed by atoms with van der Waals surface area (Å²) in [4.78, 5) is 12.3. The Morgan fingerprint density at radius 3 is 3.04 bits per heavy atom. The molecular weight excluding hydrogens is 316 g/mol. The second-order valence-electron chi connectivity index (χ2n) is 6.16. The molecule has 0 fully saturated rings. The second-order valence-corrected chi connectivity index (χ2v) is 6.16. The summed E-state index contributed by atoms with van der Waals surface area (Å²) in [6.07, 6.45) is 3.41. The topological polar surface area (TPSA) is 79.0 Å². The first-order valence-corrected chi connectivity index (χ1v) is 8.48. The minimum Gasteiger partial charge on any atom is -0.493 e. The number of carbonyl (C=O) groups is 1. The van der Waals surface area contributed by atoms with Gasteiger partial charge in [-0.05, 0) is 24.3 Å². The number of amides is 2. The van der Waals surface area contributed by atoms with Crippen molar-refractivity contribution in [3.8, 4) is 5.75 Å². The van der Waals surface area contributed by atoms with E-state index in [1.165, 1.54) is 0 Å². The van der Waals surface area contributed by atoms with E-state index in [9.17, 15) is 4.79 Å². The fourth-order valence-corrected chi connectivity index (χ4v) is 3.23. The van der Waals surface area contributed by atoms with Crippen LogP contribution in [-0.4, -0.2) is 22.8 Å².